The van der Waals surface area contributed by atoms with Crippen molar-refractivity contribution < 1.29 is 9.72 Å². The molecule has 0 radical (unpaired) electrons. The van der Waals surface area contributed by atoms with E-state index in [9.17, 15) is 14.9 Å². The van der Waals surface area contributed by atoms with Crippen molar-refractivity contribution >= 4 is 11.6 Å². The third-order valence-corrected chi connectivity index (χ3v) is 3.91. The molecule has 2 aromatic rings. The van der Waals surface area contributed by atoms with Crippen molar-refractivity contribution in [3.63, 3.8) is 0 Å². The Morgan fingerprint density at radius 3 is 2.77 bits per heavy atom. The lowest BCUT2D eigenvalue weighted by Gasteiger charge is -2.25. The van der Waals surface area contributed by atoms with Gasteiger partial charge < -0.3 is 4.90 Å². The number of hydrogen-bond acceptors (Lipinski definition) is 4. The van der Waals surface area contributed by atoms with Gasteiger partial charge >= 0.3 is 0 Å². The van der Waals surface area contributed by atoms with Crippen LogP contribution in [0.5, 0.6) is 0 Å². The Kier molecular flexibility index (Phi) is 3.82. The number of rotatable bonds is 3. The van der Waals surface area contributed by atoms with Crippen LogP contribution in [0.1, 0.15) is 34.8 Å². The normalized spacial score (nSPS) is 17.5. The van der Waals surface area contributed by atoms with E-state index in [1.165, 1.54) is 12.1 Å². The number of non-ortho nitro benzene ring substituents is 1. The first-order valence-corrected chi connectivity index (χ1v) is 7.12. The third-order valence-electron chi connectivity index (χ3n) is 3.91. The predicted molar refractivity (Wildman–Crippen MR) is 80.3 cm³/mol. The Morgan fingerprint density at radius 1 is 1.27 bits per heavy atom. The Balaban J connectivity index is 1.88. The summed E-state index contributed by atoms with van der Waals surface area (Å²) < 4.78 is 0. The molecule has 1 aliphatic heterocycles. The summed E-state index contributed by atoms with van der Waals surface area (Å²) in [5.74, 6) is -0.164. The number of carbonyl (C=O) groups is 1. The zero-order chi connectivity index (χ0) is 15.5. The SMILES string of the molecule is O=C(c1cccc([N+](=O)[O-])c1)N1CCC[C@@H]1c1ccncc1. The van der Waals surface area contributed by atoms with Crippen molar-refractivity contribution in [3.8, 4) is 0 Å². The van der Waals surface area contributed by atoms with E-state index in [2.05, 4.69) is 4.98 Å². The monoisotopic (exact) mass is 297 g/mol. The molecule has 2 heterocycles. The van der Waals surface area contributed by atoms with E-state index < -0.39 is 4.92 Å². The molecule has 0 aliphatic carbocycles. The van der Waals surface area contributed by atoms with Crippen LogP contribution in [0, 0.1) is 10.1 Å². The van der Waals surface area contributed by atoms with Gasteiger partial charge in [0.2, 0.25) is 0 Å². The van der Waals surface area contributed by atoms with Crippen molar-refractivity contribution in [1.29, 1.82) is 0 Å². The summed E-state index contributed by atoms with van der Waals surface area (Å²) in [4.78, 5) is 28.8. The van der Waals surface area contributed by atoms with Crippen LogP contribution in [0.2, 0.25) is 0 Å². The van der Waals surface area contributed by atoms with E-state index in [1.54, 1.807) is 29.4 Å². The topological polar surface area (TPSA) is 76.3 Å². The molecule has 0 spiro atoms. The fourth-order valence-electron chi connectivity index (χ4n) is 2.86. The molecule has 1 aromatic carbocycles. The second kappa shape index (κ2) is 5.93. The maximum atomic E-state index is 12.7. The number of pyridine rings is 1. The van der Waals surface area contributed by atoms with Gasteiger partial charge in [-0.2, -0.15) is 0 Å². The first-order valence-electron chi connectivity index (χ1n) is 7.12. The molecule has 6 nitrogen and oxygen atoms in total. The highest BCUT2D eigenvalue weighted by Crippen LogP contribution is 2.33. The minimum absolute atomic E-state index is 0.00904. The molecule has 1 amide bonds. The lowest BCUT2D eigenvalue weighted by Crippen LogP contribution is -2.30. The molecule has 6 heteroatoms. The minimum atomic E-state index is -0.485. The van der Waals surface area contributed by atoms with Crippen molar-refractivity contribution in [2.24, 2.45) is 0 Å². The van der Waals surface area contributed by atoms with Gasteiger partial charge in [0.1, 0.15) is 0 Å². The zero-order valence-electron chi connectivity index (χ0n) is 11.9. The molecule has 1 aliphatic rings. The van der Waals surface area contributed by atoms with Crippen LogP contribution in [0.4, 0.5) is 5.69 Å². The second-order valence-electron chi connectivity index (χ2n) is 5.24. The predicted octanol–water partition coefficient (Wildman–Crippen LogP) is 2.97. The summed E-state index contributed by atoms with van der Waals surface area (Å²) in [5.41, 5.74) is 1.34. The largest absolute Gasteiger partial charge is 0.332 e. The first kappa shape index (κ1) is 14.2. The van der Waals surface area contributed by atoms with E-state index in [0.717, 1.165) is 18.4 Å². The van der Waals surface area contributed by atoms with Gasteiger partial charge in [-0.15, -0.1) is 0 Å². The lowest BCUT2D eigenvalue weighted by atomic mass is 10.1. The van der Waals surface area contributed by atoms with Crippen LogP contribution < -0.4 is 0 Å². The van der Waals surface area contributed by atoms with Crippen LogP contribution in [0.25, 0.3) is 0 Å². The molecule has 22 heavy (non-hydrogen) atoms. The molecule has 0 bridgehead atoms. The first-order chi connectivity index (χ1) is 10.7. The number of aromatic nitrogens is 1. The van der Waals surface area contributed by atoms with Crippen molar-refractivity contribution in [2.45, 2.75) is 18.9 Å². The Bertz CT molecular complexity index is 703. The number of likely N-dealkylation sites (tertiary alicyclic amines) is 1. The second-order valence-corrected chi connectivity index (χ2v) is 5.24. The number of amides is 1. The quantitative estimate of drug-likeness (QED) is 0.644. The van der Waals surface area contributed by atoms with Crippen molar-refractivity contribution in [3.05, 3.63) is 70.0 Å². The molecule has 1 fully saturated rings. The molecule has 0 N–H and O–H groups in total. The summed E-state index contributed by atoms with van der Waals surface area (Å²) in [6.07, 6.45) is 5.24. The van der Waals surface area contributed by atoms with Gasteiger partial charge in [-0.05, 0) is 36.6 Å². The van der Waals surface area contributed by atoms with Crippen LogP contribution in [0.15, 0.2) is 48.8 Å². The molecular weight excluding hydrogens is 282 g/mol. The number of nitro groups is 1. The molecule has 0 saturated carbocycles. The van der Waals surface area contributed by atoms with Crippen LogP contribution in [-0.2, 0) is 0 Å². The molecule has 1 atom stereocenters. The standard InChI is InChI=1S/C16H15N3O3/c20-16(13-3-1-4-14(11-13)19(21)22)18-10-2-5-15(18)12-6-8-17-9-7-12/h1,3-4,6-9,11,15H,2,5,10H2/t15-/m1/s1. The number of nitro benzene ring substituents is 1. The Morgan fingerprint density at radius 2 is 2.05 bits per heavy atom. The zero-order valence-corrected chi connectivity index (χ0v) is 11.9. The van der Waals surface area contributed by atoms with E-state index in [-0.39, 0.29) is 17.6 Å². The molecule has 1 saturated heterocycles. The highest BCUT2D eigenvalue weighted by Gasteiger charge is 2.30. The summed E-state index contributed by atoms with van der Waals surface area (Å²) >= 11 is 0. The van der Waals surface area contributed by atoms with Crippen LogP contribution in [0.3, 0.4) is 0 Å². The molecule has 3 rings (SSSR count). The summed E-state index contributed by atoms with van der Waals surface area (Å²) in [7, 11) is 0. The van der Waals surface area contributed by atoms with E-state index in [0.29, 0.717) is 12.1 Å². The van der Waals surface area contributed by atoms with E-state index >= 15 is 0 Å². The summed E-state index contributed by atoms with van der Waals surface area (Å²) in [5, 5.41) is 10.9. The van der Waals surface area contributed by atoms with Crippen molar-refractivity contribution in [1.82, 2.24) is 9.88 Å². The summed E-state index contributed by atoms with van der Waals surface area (Å²) in [6, 6.07) is 9.72. The lowest BCUT2D eigenvalue weighted by molar-refractivity contribution is -0.384. The third kappa shape index (κ3) is 2.67. The number of carbonyl (C=O) groups excluding carboxylic acids is 1. The molecule has 0 unspecified atom stereocenters. The van der Waals surface area contributed by atoms with Gasteiger partial charge in [-0.3, -0.25) is 19.9 Å². The maximum Gasteiger partial charge on any atom is 0.270 e. The Labute approximate surface area is 127 Å². The molecular formula is C16H15N3O3. The highest BCUT2D eigenvalue weighted by atomic mass is 16.6. The van der Waals surface area contributed by atoms with Crippen LogP contribution >= 0.6 is 0 Å². The minimum Gasteiger partial charge on any atom is -0.332 e. The maximum absolute atomic E-state index is 12.7. The van der Waals surface area contributed by atoms with Gasteiger partial charge in [0.05, 0.1) is 11.0 Å². The average molecular weight is 297 g/mol. The van der Waals surface area contributed by atoms with Gasteiger partial charge in [-0.1, -0.05) is 6.07 Å². The van der Waals surface area contributed by atoms with E-state index in [1.807, 2.05) is 12.1 Å². The van der Waals surface area contributed by atoms with Gasteiger partial charge in [0.25, 0.3) is 11.6 Å². The molecule has 1 aromatic heterocycles. The van der Waals surface area contributed by atoms with Crippen molar-refractivity contribution in [2.75, 3.05) is 6.54 Å². The number of nitrogens with zero attached hydrogens (tertiary/aromatic N) is 3. The smallest absolute Gasteiger partial charge is 0.270 e. The molecule has 112 valence electrons. The van der Waals surface area contributed by atoms with Gasteiger partial charge in [-0.25, -0.2) is 0 Å². The van der Waals surface area contributed by atoms with Gasteiger partial charge in [0, 0.05) is 36.6 Å². The fourth-order valence-corrected chi connectivity index (χ4v) is 2.86. The fraction of sp³-hybridized carbons (Fsp3) is 0.250. The number of benzene rings is 1. The Hall–Kier alpha value is -2.76. The summed E-state index contributed by atoms with van der Waals surface area (Å²) in [6.45, 7) is 0.661. The number of hydrogen-bond donors (Lipinski definition) is 0. The van der Waals surface area contributed by atoms with Gasteiger partial charge in [0.15, 0.2) is 0 Å². The van der Waals surface area contributed by atoms with E-state index in [4.69, 9.17) is 0 Å². The average Bonchev–Trinajstić information content (AvgIpc) is 3.04. The van der Waals surface area contributed by atoms with Crippen LogP contribution in [-0.4, -0.2) is 27.3 Å². The highest BCUT2D eigenvalue weighted by molar-refractivity contribution is 5.95.